The van der Waals surface area contributed by atoms with Crippen molar-refractivity contribution in [2.75, 3.05) is 13.2 Å². The molecule has 0 bridgehead atoms. The van der Waals surface area contributed by atoms with E-state index in [1.54, 1.807) is 13.8 Å². The molecule has 0 saturated heterocycles. The Morgan fingerprint density at radius 3 is 2.50 bits per heavy atom. The molecular formula is C14H22O4. The molecule has 0 aliphatic heterocycles. The zero-order valence-corrected chi connectivity index (χ0v) is 11.2. The fourth-order valence-electron chi connectivity index (χ4n) is 2.17. The fourth-order valence-corrected chi connectivity index (χ4v) is 2.17. The van der Waals surface area contributed by atoms with Crippen LogP contribution in [0.25, 0.3) is 0 Å². The zero-order chi connectivity index (χ0) is 13.4. The van der Waals surface area contributed by atoms with E-state index in [0.29, 0.717) is 13.2 Å². The number of carbonyl (C=O) groups is 2. The summed E-state index contributed by atoms with van der Waals surface area (Å²) in [6.07, 6.45) is 6.25. The third-order valence-electron chi connectivity index (χ3n) is 3.02. The van der Waals surface area contributed by atoms with E-state index in [4.69, 9.17) is 9.47 Å². The molecule has 4 heteroatoms. The van der Waals surface area contributed by atoms with E-state index in [9.17, 15) is 9.59 Å². The topological polar surface area (TPSA) is 52.6 Å². The van der Waals surface area contributed by atoms with Crippen LogP contribution in [0.3, 0.4) is 0 Å². The van der Waals surface area contributed by atoms with E-state index < -0.39 is 5.92 Å². The van der Waals surface area contributed by atoms with Crippen molar-refractivity contribution in [3.8, 4) is 0 Å². The van der Waals surface area contributed by atoms with Crippen LogP contribution in [-0.2, 0) is 19.1 Å². The first-order chi connectivity index (χ1) is 8.69. The summed E-state index contributed by atoms with van der Waals surface area (Å²) in [6, 6.07) is 0. The Balaban J connectivity index is 2.70. The molecule has 18 heavy (non-hydrogen) atoms. The number of carbonyl (C=O) groups excluding carboxylic acids is 2. The standard InChI is InChI=1S/C14H22O4/c1-3-17-13(15)10-12(14(16)18-4-2)11-8-6-5-7-9-11/h8,12H,3-7,9-10H2,1-2H3. The van der Waals surface area contributed by atoms with Crippen LogP contribution in [-0.4, -0.2) is 25.2 Å². The highest BCUT2D eigenvalue weighted by molar-refractivity contribution is 5.82. The number of hydrogen-bond donors (Lipinski definition) is 0. The van der Waals surface area contributed by atoms with Gasteiger partial charge in [0.05, 0.1) is 25.6 Å². The lowest BCUT2D eigenvalue weighted by Gasteiger charge is -2.21. The molecule has 1 aliphatic rings. The first kappa shape index (κ1) is 14.7. The smallest absolute Gasteiger partial charge is 0.313 e. The van der Waals surface area contributed by atoms with E-state index in [-0.39, 0.29) is 18.4 Å². The highest BCUT2D eigenvalue weighted by Gasteiger charge is 2.28. The van der Waals surface area contributed by atoms with Gasteiger partial charge < -0.3 is 9.47 Å². The molecule has 0 aromatic rings. The minimum atomic E-state index is -0.454. The van der Waals surface area contributed by atoms with Gasteiger partial charge in [-0.05, 0) is 39.5 Å². The highest BCUT2D eigenvalue weighted by atomic mass is 16.5. The Morgan fingerprint density at radius 2 is 1.94 bits per heavy atom. The van der Waals surface area contributed by atoms with E-state index in [2.05, 4.69) is 6.08 Å². The van der Waals surface area contributed by atoms with Crippen LogP contribution < -0.4 is 0 Å². The van der Waals surface area contributed by atoms with Crippen LogP contribution in [0.4, 0.5) is 0 Å². The number of allylic oxidation sites excluding steroid dienone is 1. The van der Waals surface area contributed by atoms with Gasteiger partial charge in [0.2, 0.25) is 0 Å². The Kier molecular flexibility index (Phi) is 6.47. The number of ether oxygens (including phenoxy) is 2. The van der Waals surface area contributed by atoms with Gasteiger partial charge in [-0.3, -0.25) is 9.59 Å². The van der Waals surface area contributed by atoms with Crippen LogP contribution in [0.5, 0.6) is 0 Å². The van der Waals surface area contributed by atoms with Gasteiger partial charge in [-0.25, -0.2) is 0 Å². The van der Waals surface area contributed by atoms with Crippen molar-refractivity contribution in [2.24, 2.45) is 5.92 Å². The summed E-state index contributed by atoms with van der Waals surface area (Å²) in [5.41, 5.74) is 1.03. The normalized spacial score (nSPS) is 16.7. The molecule has 0 N–H and O–H groups in total. The molecule has 0 saturated carbocycles. The molecule has 0 aromatic carbocycles. The van der Waals surface area contributed by atoms with Gasteiger partial charge in [0.1, 0.15) is 0 Å². The summed E-state index contributed by atoms with van der Waals surface area (Å²) in [5, 5.41) is 0. The number of rotatable bonds is 6. The Labute approximate surface area is 108 Å². The van der Waals surface area contributed by atoms with Gasteiger partial charge in [-0.2, -0.15) is 0 Å². The van der Waals surface area contributed by atoms with Gasteiger partial charge in [-0.1, -0.05) is 11.6 Å². The summed E-state index contributed by atoms with van der Waals surface area (Å²) < 4.78 is 9.97. The molecule has 102 valence electrons. The van der Waals surface area contributed by atoms with Gasteiger partial charge in [-0.15, -0.1) is 0 Å². The largest absolute Gasteiger partial charge is 0.466 e. The molecule has 0 amide bonds. The van der Waals surface area contributed by atoms with Crippen LogP contribution >= 0.6 is 0 Å². The summed E-state index contributed by atoms with van der Waals surface area (Å²) in [6.45, 7) is 4.21. The fraction of sp³-hybridized carbons (Fsp3) is 0.714. The van der Waals surface area contributed by atoms with E-state index in [1.807, 2.05) is 0 Å². The Bertz CT molecular complexity index is 320. The van der Waals surface area contributed by atoms with E-state index in [1.165, 1.54) is 0 Å². The predicted molar refractivity (Wildman–Crippen MR) is 67.9 cm³/mol. The SMILES string of the molecule is CCOC(=O)CC(C(=O)OCC)C1=CCCCC1. The molecule has 1 rings (SSSR count). The molecule has 0 aromatic heterocycles. The lowest BCUT2D eigenvalue weighted by Crippen LogP contribution is -2.24. The van der Waals surface area contributed by atoms with Crippen molar-refractivity contribution < 1.29 is 19.1 Å². The lowest BCUT2D eigenvalue weighted by atomic mass is 9.87. The summed E-state index contributed by atoms with van der Waals surface area (Å²) in [5.74, 6) is -1.09. The van der Waals surface area contributed by atoms with Gasteiger partial charge in [0, 0.05) is 0 Å². The van der Waals surface area contributed by atoms with Crippen LogP contribution in [0, 0.1) is 5.92 Å². The van der Waals surface area contributed by atoms with Crippen molar-refractivity contribution in [2.45, 2.75) is 46.0 Å². The third-order valence-corrected chi connectivity index (χ3v) is 3.02. The molecule has 1 aliphatic carbocycles. The first-order valence-electron chi connectivity index (χ1n) is 6.70. The maximum Gasteiger partial charge on any atom is 0.313 e. The molecule has 0 heterocycles. The van der Waals surface area contributed by atoms with Crippen molar-refractivity contribution in [3.05, 3.63) is 11.6 Å². The van der Waals surface area contributed by atoms with Crippen molar-refractivity contribution >= 4 is 11.9 Å². The molecule has 0 fully saturated rings. The minimum absolute atomic E-state index is 0.0957. The van der Waals surface area contributed by atoms with E-state index in [0.717, 1.165) is 31.3 Å². The average molecular weight is 254 g/mol. The number of hydrogen-bond acceptors (Lipinski definition) is 4. The molecule has 1 unspecified atom stereocenters. The summed E-state index contributed by atoms with van der Waals surface area (Å²) in [4.78, 5) is 23.5. The van der Waals surface area contributed by atoms with Gasteiger partial charge in [0.25, 0.3) is 0 Å². The average Bonchev–Trinajstić information content (AvgIpc) is 2.37. The maximum atomic E-state index is 11.9. The van der Waals surface area contributed by atoms with Crippen molar-refractivity contribution in [1.29, 1.82) is 0 Å². The molecule has 4 nitrogen and oxygen atoms in total. The second-order valence-electron chi connectivity index (χ2n) is 4.34. The summed E-state index contributed by atoms with van der Waals surface area (Å²) in [7, 11) is 0. The zero-order valence-electron chi connectivity index (χ0n) is 11.2. The quantitative estimate of drug-likeness (QED) is 0.540. The van der Waals surface area contributed by atoms with Crippen molar-refractivity contribution in [1.82, 2.24) is 0 Å². The van der Waals surface area contributed by atoms with E-state index >= 15 is 0 Å². The van der Waals surface area contributed by atoms with Gasteiger partial charge in [0.15, 0.2) is 0 Å². The number of esters is 2. The maximum absolute atomic E-state index is 11.9. The Hall–Kier alpha value is -1.32. The van der Waals surface area contributed by atoms with Crippen LogP contribution in [0.2, 0.25) is 0 Å². The van der Waals surface area contributed by atoms with Crippen LogP contribution in [0.1, 0.15) is 46.0 Å². The lowest BCUT2D eigenvalue weighted by molar-refractivity contribution is -0.153. The third kappa shape index (κ3) is 4.51. The van der Waals surface area contributed by atoms with Crippen molar-refractivity contribution in [3.63, 3.8) is 0 Å². The molecule has 1 atom stereocenters. The highest BCUT2D eigenvalue weighted by Crippen LogP contribution is 2.27. The summed E-state index contributed by atoms with van der Waals surface area (Å²) >= 11 is 0. The van der Waals surface area contributed by atoms with Gasteiger partial charge >= 0.3 is 11.9 Å². The minimum Gasteiger partial charge on any atom is -0.466 e. The Morgan fingerprint density at radius 1 is 1.22 bits per heavy atom. The molecule has 0 radical (unpaired) electrons. The molecular weight excluding hydrogens is 232 g/mol. The second kappa shape index (κ2) is 7.90. The molecule has 0 spiro atoms. The second-order valence-corrected chi connectivity index (χ2v) is 4.34. The first-order valence-corrected chi connectivity index (χ1v) is 6.70. The monoisotopic (exact) mass is 254 g/mol. The van der Waals surface area contributed by atoms with Crippen LogP contribution in [0.15, 0.2) is 11.6 Å². The predicted octanol–water partition coefficient (Wildman–Crippen LogP) is 2.62.